The van der Waals surface area contributed by atoms with Crippen LogP contribution in [0.4, 0.5) is 9.18 Å². The third-order valence-electron chi connectivity index (χ3n) is 8.14. The topological polar surface area (TPSA) is 94.1 Å². The summed E-state index contributed by atoms with van der Waals surface area (Å²) >= 11 is 0. The van der Waals surface area contributed by atoms with Gasteiger partial charge in [0.05, 0.1) is 17.7 Å². The molecule has 0 spiro atoms. The minimum Gasteiger partial charge on any atom is -0.391 e. The van der Waals surface area contributed by atoms with E-state index in [1.54, 1.807) is 24.1 Å². The Hall–Kier alpha value is -1.74. The minimum absolute atomic E-state index is 0.205. The van der Waals surface area contributed by atoms with Gasteiger partial charge in [-0.05, 0) is 75.6 Å². The Kier molecular flexibility index (Phi) is 11.4. The Bertz CT molecular complexity index is 807. The number of halogens is 1. The van der Waals surface area contributed by atoms with E-state index in [1.807, 2.05) is 7.05 Å². The van der Waals surface area contributed by atoms with Gasteiger partial charge >= 0.3 is 6.03 Å². The van der Waals surface area contributed by atoms with E-state index in [0.29, 0.717) is 38.2 Å². The molecule has 4 unspecified atom stereocenters. The van der Waals surface area contributed by atoms with Gasteiger partial charge in [0, 0.05) is 39.3 Å². The van der Waals surface area contributed by atoms with Crippen LogP contribution in [0.1, 0.15) is 69.8 Å². The molecule has 4 N–H and O–H groups in total. The number of nitrogens with zero attached hydrogens (tertiary/aromatic N) is 1. The molecular weight excluding hydrogens is 461 g/mol. The van der Waals surface area contributed by atoms with Crippen LogP contribution in [0.3, 0.4) is 0 Å². The first-order valence-electron chi connectivity index (χ1n) is 13.7. The molecule has 1 saturated carbocycles. The number of unbranched alkanes of at least 4 members (excludes halogenated alkanes) is 1. The molecule has 7 nitrogen and oxygen atoms in total. The van der Waals surface area contributed by atoms with Crippen molar-refractivity contribution in [2.45, 2.75) is 82.0 Å². The first kappa shape index (κ1) is 28.8. The Morgan fingerprint density at radius 3 is 2.69 bits per heavy atom. The lowest BCUT2D eigenvalue weighted by atomic mass is 9.74. The molecule has 8 heteroatoms. The number of aliphatic hydroxyl groups excluding tert-OH is 1. The number of likely N-dealkylation sites (tertiary alicyclic amines) is 1. The van der Waals surface area contributed by atoms with Crippen molar-refractivity contribution >= 4 is 6.03 Å². The van der Waals surface area contributed by atoms with Crippen LogP contribution in [0.25, 0.3) is 0 Å². The molecule has 1 aromatic carbocycles. The minimum atomic E-state index is -1.24. The van der Waals surface area contributed by atoms with E-state index in [4.69, 9.17) is 4.74 Å². The number of methoxy groups -OCH3 is 1. The van der Waals surface area contributed by atoms with Crippen molar-refractivity contribution in [2.24, 2.45) is 11.8 Å². The maximum atomic E-state index is 14.1. The number of hydrogen-bond donors (Lipinski definition) is 4. The van der Waals surface area contributed by atoms with Crippen molar-refractivity contribution in [3.05, 3.63) is 35.6 Å². The van der Waals surface area contributed by atoms with Gasteiger partial charge in [0.2, 0.25) is 0 Å². The van der Waals surface area contributed by atoms with Crippen LogP contribution in [0.15, 0.2) is 24.3 Å². The molecular formula is C28H46FN3O4. The highest BCUT2D eigenvalue weighted by atomic mass is 19.1. The molecule has 1 aromatic rings. The summed E-state index contributed by atoms with van der Waals surface area (Å²) in [6.07, 6.45) is 8.38. The Morgan fingerprint density at radius 1 is 1.22 bits per heavy atom. The highest BCUT2D eigenvalue weighted by Gasteiger charge is 2.42. The van der Waals surface area contributed by atoms with E-state index in [2.05, 4.69) is 10.6 Å². The zero-order valence-electron chi connectivity index (χ0n) is 22.1. The van der Waals surface area contributed by atoms with E-state index in [9.17, 15) is 19.4 Å². The zero-order chi connectivity index (χ0) is 26.0. The molecule has 1 saturated heterocycles. The van der Waals surface area contributed by atoms with Gasteiger partial charge in [0.1, 0.15) is 5.82 Å². The van der Waals surface area contributed by atoms with Crippen LogP contribution in [0, 0.1) is 17.7 Å². The second-order valence-corrected chi connectivity index (χ2v) is 10.7. The molecule has 0 radical (unpaired) electrons. The van der Waals surface area contributed by atoms with E-state index >= 15 is 0 Å². The molecule has 2 fully saturated rings. The molecule has 4 atom stereocenters. The number of likely N-dealkylation sites (N-methyl/N-ethyl adjacent to an activating group) is 1. The number of amides is 2. The third kappa shape index (κ3) is 7.63. The number of piperidine rings is 1. The van der Waals surface area contributed by atoms with Crippen molar-refractivity contribution in [2.75, 3.05) is 40.4 Å². The zero-order valence-corrected chi connectivity index (χ0v) is 22.1. The lowest BCUT2D eigenvalue weighted by molar-refractivity contribution is -0.0568. The molecule has 0 bridgehead atoms. The number of nitrogens with one attached hydrogen (secondary N) is 2. The maximum Gasteiger partial charge on any atom is 0.317 e. The van der Waals surface area contributed by atoms with Gasteiger partial charge in [-0.1, -0.05) is 31.4 Å². The van der Waals surface area contributed by atoms with Crippen molar-refractivity contribution in [1.29, 1.82) is 0 Å². The van der Waals surface area contributed by atoms with E-state index < -0.39 is 11.7 Å². The summed E-state index contributed by atoms with van der Waals surface area (Å²) in [5, 5.41) is 29.2. The van der Waals surface area contributed by atoms with Gasteiger partial charge in [0.25, 0.3) is 0 Å². The Balaban J connectivity index is 1.71. The van der Waals surface area contributed by atoms with Crippen molar-refractivity contribution in [3.63, 3.8) is 0 Å². The van der Waals surface area contributed by atoms with Crippen molar-refractivity contribution in [1.82, 2.24) is 15.5 Å². The SMILES string of the molecule is CNCC(NC(=O)N1CCCC(C(O)(CCCCOC)c2cccc(F)c2)C1)C(O)C1CCCCC1. The van der Waals surface area contributed by atoms with Crippen LogP contribution < -0.4 is 10.6 Å². The first-order valence-corrected chi connectivity index (χ1v) is 13.7. The van der Waals surface area contributed by atoms with E-state index in [-0.39, 0.29) is 29.7 Å². The molecule has 0 aromatic heterocycles. The number of rotatable bonds is 12. The van der Waals surface area contributed by atoms with Gasteiger partial charge in [-0.3, -0.25) is 0 Å². The first-order chi connectivity index (χ1) is 17.4. The molecule has 2 amide bonds. The van der Waals surface area contributed by atoms with Crippen LogP contribution in [-0.2, 0) is 10.3 Å². The number of carbonyl (C=O) groups is 1. The maximum absolute atomic E-state index is 14.1. The number of benzene rings is 1. The Labute approximate surface area is 215 Å². The molecule has 36 heavy (non-hydrogen) atoms. The summed E-state index contributed by atoms with van der Waals surface area (Å²) in [6.45, 7) is 2.08. The number of hydrogen-bond acceptors (Lipinski definition) is 5. The highest BCUT2D eigenvalue weighted by Crippen LogP contribution is 2.40. The fourth-order valence-corrected chi connectivity index (χ4v) is 6.07. The normalized spacial score (nSPS) is 22.6. The summed E-state index contributed by atoms with van der Waals surface area (Å²) in [5.41, 5.74) is -0.672. The van der Waals surface area contributed by atoms with Crippen LogP contribution in [0.5, 0.6) is 0 Å². The average Bonchev–Trinajstić information content (AvgIpc) is 2.91. The standard InChI is InChI=1S/C28H46FN3O4/c1-30-19-25(26(33)21-10-4-3-5-11-21)31-27(34)32-16-9-13-23(20-32)28(35,15-6-7-17-36-2)22-12-8-14-24(29)18-22/h8,12,14,18,21,23,25-26,30,33,35H,3-7,9-11,13,15-17,19-20H2,1-2H3,(H,31,34). The lowest BCUT2D eigenvalue weighted by Crippen LogP contribution is -2.57. The van der Waals surface area contributed by atoms with Crippen molar-refractivity contribution < 1.29 is 24.1 Å². The van der Waals surface area contributed by atoms with E-state index in [1.165, 1.54) is 18.6 Å². The van der Waals surface area contributed by atoms with Crippen LogP contribution in [-0.4, -0.2) is 73.7 Å². The van der Waals surface area contributed by atoms with Crippen molar-refractivity contribution in [3.8, 4) is 0 Å². The second-order valence-electron chi connectivity index (χ2n) is 10.7. The van der Waals surface area contributed by atoms with Gasteiger partial charge in [-0.2, -0.15) is 0 Å². The predicted molar refractivity (Wildman–Crippen MR) is 139 cm³/mol. The number of ether oxygens (including phenoxy) is 1. The van der Waals surface area contributed by atoms with Gasteiger partial charge in [-0.15, -0.1) is 0 Å². The predicted octanol–water partition coefficient (Wildman–Crippen LogP) is 3.78. The van der Waals surface area contributed by atoms with Crippen LogP contribution >= 0.6 is 0 Å². The van der Waals surface area contributed by atoms with Gasteiger partial charge in [0.15, 0.2) is 0 Å². The molecule has 204 valence electrons. The largest absolute Gasteiger partial charge is 0.391 e. The molecule has 1 heterocycles. The number of carbonyl (C=O) groups excluding carboxylic acids is 1. The quantitative estimate of drug-likeness (QED) is 0.323. The summed E-state index contributed by atoms with van der Waals surface area (Å²) in [6, 6.07) is 5.63. The molecule has 1 aliphatic carbocycles. The molecule has 3 rings (SSSR count). The second kappa shape index (κ2) is 14.3. The summed E-state index contributed by atoms with van der Waals surface area (Å²) in [7, 11) is 3.48. The summed E-state index contributed by atoms with van der Waals surface area (Å²) in [5.74, 6) is -0.385. The number of aliphatic hydroxyl groups is 2. The summed E-state index contributed by atoms with van der Waals surface area (Å²) < 4.78 is 19.3. The van der Waals surface area contributed by atoms with Crippen LogP contribution in [0.2, 0.25) is 0 Å². The van der Waals surface area contributed by atoms with Gasteiger partial charge < -0.3 is 30.5 Å². The lowest BCUT2D eigenvalue weighted by Gasteiger charge is -2.43. The fourth-order valence-electron chi connectivity index (χ4n) is 6.07. The van der Waals surface area contributed by atoms with Gasteiger partial charge in [-0.25, -0.2) is 9.18 Å². The average molecular weight is 508 g/mol. The Morgan fingerprint density at radius 2 is 2.00 bits per heavy atom. The smallest absolute Gasteiger partial charge is 0.317 e. The molecule has 2 aliphatic rings. The number of urea groups is 1. The fraction of sp³-hybridized carbons (Fsp3) is 0.750. The monoisotopic (exact) mass is 507 g/mol. The highest BCUT2D eigenvalue weighted by molar-refractivity contribution is 5.74. The third-order valence-corrected chi connectivity index (χ3v) is 8.14. The summed E-state index contributed by atoms with van der Waals surface area (Å²) in [4.78, 5) is 15.1. The molecule has 1 aliphatic heterocycles. The van der Waals surface area contributed by atoms with E-state index in [0.717, 1.165) is 51.4 Å².